The Morgan fingerprint density at radius 2 is 2.26 bits per heavy atom. The zero-order valence-electron chi connectivity index (χ0n) is 10.9. The zero-order chi connectivity index (χ0) is 13.8. The lowest BCUT2D eigenvalue weighted by Gasteiger charge is -2.18. The Bertz CT molecular complexity index is 557. The number of rotatable bonds is 5. The first-order valence-electron chi connectivity index (χ1n) is 6.11. The number of nitrogens with one attached hydrogen (secondary N) is 1. The largest absolute Gasteiger partial charge is 0.508 e. The number of phenols is 1. The second kappa shape index (κ2) is 6.16. The van der Waals surface area contributed by atoms with Crippen LogP contribution in [-0.2, 0) is 6.54 Å². The summed E-state index contributed by atoms with van der Waals surface area (Å²) in [5.74, 6) is 1.45. The van der Waals surface area contributed by atoms with Crippen molar-refractivity contribution in [3.63, 3.8) is 0 Å². The highest BCUT2D eigenvalue weighted by Crippen LogP contribution is 2.29. The lowest BCUT2D eigenvalue weighted by molar-refractivity contribution is 0.382. The van der Waals surface area contributed by atoms with Gasteiger partial charge in [0.25, 0.3) is 0 Å². The molecule has 2 aromatic rings. The fourth-order valence-electron chi connectivity index (χ4n) is 1.91. The third kappa shape index (κ3) is 3.54. The summed E-state index contributed by atoms with van der Waals surface area (Å²) < 4.78 is 5.86. The summed E-state index contributed by atoms with van der Waals surface area (Å²) in [4.78, 5) is 4.14. The maximum Gasteiger partial charge on any atom is 0.223 e. The SMILES string of the molecule is CCC(NCc1noc(C)n1)c1cc(Br)ccc1O. The molecule has 0 fully saturated rings. The van der Waals surface area contributed by atoms with Gasteiger partial charge in [-0.1, -0.05) is 28.0 Å². The van der Waals surface area contributed by atoms with Crippen molar-refractivity contribution in [2.45, 2.75) is 32.9 Å². The molecule has 5 nitrogen and oxygen atoms in total. The molecular weight excluding hydrogens is 310 g/mol. The van der Waals surface area contributed by atoms with Gasteiger partial charge in [-0.2, -0.15) is 4.98 Å². The molecule has 0 saturated carbocycles. The van der Waals surface area contributed by atoms with E-state index in [1.54, 1.807) is 13.0 Å². The molecule has 1 unspecified atom stereocenters. The number of aromatic hydroxyl groups is 1. The van der Waals surface area contributed by atoms with Crippen LogP contribution in [0.5, 0.6) is 5.75 Å². The molecule has 1 atom stereocenters. The molecule has 6 heteroatoms. The minimum atomic E-state index is 0.0382. The van der Waals surface area contributed by atoms with Crippen LogP contribution in [0.1, 0.15) is 36.7 Å². The second-order valence-corrected chi connectivity index (χ2v) is 5.19. The number of nitrogens with zero attached hydrogens (tertiary/aromatic N) is 2. The number of halogens is 1. The molecule has 0 aliphatic rings. The molecule has 0 amide bonds. The van der Waals surface area contributed by atoms with Crippen LogP contribution >= 0.6 is 15.9 Å². The zero-order valence-corrected chi connectivity index (χ0v) is 12.4. The normalized spacial score (nSPS) is 12.6. The van der Waals surface area contributed by atoms with Gasteiger partial charge in [0.15, 0.2) is 5.82 Å². The maximum absolute atomic E-state index is 9.93. The molecule has 2 N–H and O–H groups in total. The Balaban J connectivity index is 2.09. The lowest BCUT2D eigenvalue weighted by atomic mass is 10.0. The maximum atomic E-state index is 9.93. The molecule has 0 bridgehead atoms. The van der Waals surface area contributed by atoms with Gasteiger partial charge in [0, 0.05) is 23.0 Å². The van der Waals surface area contributed by atoms with Crippen molar-refractivity contribution in [1.29, 1.82) is 0 Å². The Labute approximate surface area is 120 Å². The monoisotopic (exact) mass is 325 g/mol. The van der Waals surface area contributed by atoms with Crippen molar-refractivity contribution in [1.82, 2.24) is 15.5 Å². The molecule has 2 rings (SSSR count). The van der Waals surface area contributed by atoms with E-state index in [-0.39, 0.29) is 11.8 Å². The molecule has 1 heterocycles. The number of hydrogen-bond acceptors (Lipinski definition) is 5. The number of benzene rings is 1. The molecule has 0 spiro atoms. The van der Waals surface area contributed by atoms with Crippen molar-refractivity contribution < 1.29 is 9.63 Å². The Hall–Kier alpha value is -1.40. The van der Waals surface area contributed by atoms with Crippen LogP contribution in [0.4, 0.5) is 0 Å². The Morgan fingerprint density at radius 3 is 2.89 bits per heavy atom. The predicted molar refractivity (Wildman–Crippen MR) is 74.7 cm³/mol. The summed E-state index contributed by atoms with van der Waals surface area (Å²) in [7, 11) is 0. The highest BCUT2D eigenvalue weighted by atomic mass is 79.9. The van der Waals surface area contributed by atoms with Gasteiger partial charge in [0.1, 0.15) is 5.75 Å². The van der Waals surface area contributed by atoms with Gasteiger partial charge in [0.2, 0.25) is 5.89 Å². The van der Waals surface area contributed by atoms with Crippen LogP contribution in [0.15, 0.2) is 27.2 Å². The lowest BCUT2D eigenvalue weighted by Crippen LogP contribution is -2.21. The first-order valence-corrected chi connectivity index (χ1v) is 6.90. The second-order valence-electron chi connectivity index (χ2n) is 4.27. The molecule has 0 aliphatic heterocycles. The van der Waals surface area contributed by atoms with Crippen molar-refractivity contribution in [3.8, 4) is 5.75 Å². The first-order chi connectivity index (χ1) is 9.10. The predicted octanol–water partition coefficient (Wildman–Crippen LogP) is 3.09. The Morgan fingerprint density at radius 1 is 1.47 bits per heavy atom. The van der Waals surface area contributed by atoms with Crippen LogP contribution in [0, 0.1) is 6.92 Å². The van der Waals surface area contributed by atoms with Crippen LogP contribution in [0.25, 0.3) is 0 Å². The third-order valence-electron chi connectivity index (χ3n) is 2.85. The average molecular weight is 326 g/mol. The molecule has 0 saturated heterocycles. The molecular formula is C13H16BrN3O2. The van der Waals surface area contributed by atoms with Crippen molar-refractivity contribution >= 4 is 15.9 Å². The topological polar surface area (TPSA) is 71.2 Å². The summed E-state index contributed by atoms with van der Waals surface area (Å²) in [6, 6.07) is 5.45. The van der Waals surface area contributed by atoms with Gasteiger partial charge < -0.3 is 14.9 Å². The van der Waals surface area contributed by atoms with Crippen molar-refractivity contribution in [2.24, 2.45) is 0 Å². The number of aromatic nitrogens is 2. The van der Waals surface area contributed by atoms with E-state index in [2.05, 4.69) is 38.3 Å². The van der Waals surface area contributed by atoms with Crippen LogP contribution in [-0.4, -0.2) is 15.2 Å². The molecule has 1 aromatic heterocycles. The summed E-state index contributed by atoms with van der Waals surface area (Å²) in [5, 5.41) is 17.1. The molecule has 19 heavy (non-hydrogen) atoms. The summed E-state index contributed by atoms with van der Waals surface area (Å²) in [6.07, 6.45) is 0.848. The average Bonchev–Trinajstić information content (AvgIpc) is 2.80. The Kier molecular flexibility index (Phi) is 4.55. The number of aryl methyl sites for hydroxylation is 1. The van der Waals surface area contributed by atoms with Crippen LogP contribution < -0.4 is 5.32 Å². The number of phenolic OH excluding ortho intramolecular Hbond substituents is 1. The van der Waals surface area contributed by atoms with E-state index in [4.69, 9.17) is 4.52 Å². The summed E-state index contributed by atoms with van der Waals surface area (Å²) in [5.41, 5.74) is 0.858. The van der Waals surface area contributed by atoms with E-state index in [9.17, 15) is 5.11 Å². The third-order valence-corrected chi connectivity index (χ3v) is 3.34. The van der Waals surface area contributed by atoms with E-state index < -0.39 is 0 Å². The summed E-state index contributed by atoms with van der Waals surface area (Å²) >= 11 is 3.41. The van der Waals surface area contributed by atoms with Gasteiger partial charge in [-0.3, -0.25) is 0 Å². The highest BCUT2D eigenvalue weighted by molar-refractivity contribution is 9.10. The van der Waals surface area contributed by atoms with Gasteiger partial charge in [-0.05, 0) is 24.6 Å². The van der Waals surface area contributed by atoms with Gasteiger partial charge in [-0.15, -0.1) is 0 Å². The highest BCUT2D eigenvalue weighted by Gasteiger charge is 2.14. The van der Waals surface area contributed by atoms with E-state index in [1.807, 2.05) is 12.1 Å². The van der Waals surface area contributed by atoms with Crippen LogP contribution in [0.2, 0.25) is 0 Å². The van der Waals surface area contributed by atoms with Crippen molar-refractivity contribution in [3.05, 3.63) is 40.0 Å². The minimum absolute atomic E-state index is 0.0382. The smallest absolute Gasteiger partial charge is 0.223 e. The quantitative estimate of drug-likeness (QED) is 0.883. The standard InChI is InChI=1S/C13H16BrN3O2/c1-3-11(10-6-9(14)4-5-12(10)18)15-7-13-16-8(2)19-17-13/h4-6,11,15,18H,3,7H2,1-2H3. The van der Waals surface area contributed by atoms with Gasteiger partial charge >= 0.3 is 0 Å². The van der Waals surface area contributed by atoms with E-state index in [0.717, 1.165) is 16.5 Å². The fourth-order valence-corrected chi connectivity index (χ4v) is 2.29. The van der Waals surface area contributed by atoms with E-state index in [1.165, 1.54) is 0 Å². The van der Waals surface area contributed by atoms with E-state index >= 15 is 0 Å². The van der Waals surface area contributed by atoms with Gasteiger partial charge in [0.05, 0.1) is 6.54 Å². The minimum Gasteiger partial charge on any atom is -0.508 e. The first kappa shape index (κ1) is 14.0. The molecule has 0 aliphatic carbocycles. The summed E-state index contributed by atoms with van der Waals surface area (Å²) in [6.45, 7) is 4.31. The van der Waals surface area contributed by atoms with E-state index in [0.29, 0.717) is 18.3 Å². The fraction of sp³-hybridized carbons (Fsp3) is 0.385. The molecule has 0 radical (unpaired) electrons. The van der Waals surface area contributed by atoms with Crippen molar-refractivity contribution in [2.75, 3.05) is 0 Å². The molecule has 1 aromatic carbocycles. The molecule has 102 valence electrons. The van der Waals surface area contributed by atoms with Gasteiger partial charge in [-0.25, -0.2) is 0 Å². The number of hydrogen-bond donors (Lipinski definition) is 2. The van der Waals surface area contributed by atoms with Crippen LogP contribution in [0.3, 0.4) is 0 Å².